The van der Waals surface area contributed by atoms with E-state index >= 15 is 0 Å². The monoisotopic (exact) mass is 351 g/mol. The van der Waals surface area contributed by atoms with Gasteiger partial charge in [0.15, 0.2) is 16.6 Å². The Labute approximate surface area is 144 Å². The lowest BCUT2D eigenvalue weighted by molar-refractivity contribution is -0.120. The number of ether oxygens (including phenoxy) is 3. The van der Waals surface area contributed by atoms with Crippen molar-refractivity contribution >= 4 is 22.4 Å². The van der Waals surface area contributed by atoms with Crippen molar-refractivity contribution in [1.29, 1.82) is 0 Å². The molecule has 24 heavy (non-hydrogen) atoms. The van der Waals surface area contributed by atoms with Gasteiger partial charge in [0.25, 0.3) is 0 Å². The quantitative estimate of drug-likeness (QED) is 0.751. The zero-order chi connectivity index (χ0) is 17.5. The van der Waals surface area contributed by atoms with Crippen molar-refractivity contribution in [2.45, 2.75) is 12.8 Å². The molecule has 0 aliphatic carbocycles. The van der Waals surface area contributed by atoms with Gasteiger partial charge in [-0.1, -0.05) is 0 Å². The number of nitrogen functional groups attached to an aromatic ring is 1. The zero-order valence-electron chi connectivity index (χ0n) is 13.9. The zero-order valence-corrected chi connectivity index (χ0v) is 14.7. The number of anilines is 1. The molecule has 0 bridgehead atoms. The van der Waals surface area contributed by atoms with E-state index < -0.39 is 0 Å². The summed E-state index contributed by atoms with van der Waals surface area (Å²) in [6, 6.07) is 3.54. The summed E-state index contributed by atoms with van der Waals surface area (Å²) in [5, 5.41) is 3.41. The van der Waals surface area contributed by atoms with Crippen LogP contribution in [0.1, 0.15) is 10.4 Å². The number of aromatic nitrogens is 1. The van der Waals surface area contributed by atoms with Crippen LogP contribution in [-0.2, 0) is 17.6 Å². The van der Waals surface area contributed by atoms with Crippen LogP contribution in [0.4, 0.5) is 5.13 Å². The Balaban J connectivity index is 1.95. The summed E-state index contributed by atoms with van der Waals surface area (Å²) < 4.78 is 15.8. The Bertz CT molecular complexity index is 677. The number of benzene rings is 1. The van der Waals surface area contributed by atoms with Gasteiger partial charge in [0.2, 0.25) is 11.7 Å². The lowest BCUT2D eigenvalue weighted by Crippen LogP contribution is -2.27. The second kappa shape index (κ2) is 8.39. The number of methoxy groups -OCH3 is 3. The predicted molar refractivity (Wildman–Crippen MR) is 93.0 cm³/mol. The summed E-state index contributed by atoms with van der Waals surface area (Å²) in [6.45, 7) is 0.533. The molecule has 0 radical (unpaired) electrons. The van der Waals surface area contributed by atoms with E-state index in [1.165, 1.54) is 11.3 Å². The van der Waals surface area contributed by atoms with Gasteiger partial charge in [-0.25, -0.2) is 4.98 Å². The molecule has 3 N–H and O–H groups in total. The third-order valence-corrected chi connectivity index (χ3v) is 4.24. The average Bonchev–Trinajstić information content (AvgIpc) is 2.99. The minimum atomic E-state index is -0.0817. The molecule has 8 heteroatoms. The molecule has 0 unspecified atom stereocenters. The van der Waals surface area contributed by atoms with E-state index in [1.54, 1.807) is 39.7 Å². The predicted octanol–water partition coefficient (Wildman–Crippen LogP) is 1.65. The maximum atomic E-state index is 12.1. The molecule has 1 amide bonds. The van der Waals surface area contributed by atoms with Crippen molar-refractivity contribution in [3.05, 3.63) is 28.8 Å². The molecular weight excluding hydrogens is 330 g/mol. The molecule has 1 aromatic heterocycles. The van der Waals surface area contributed by atoms with Crippen LogP contribution in [0, 0.1) is 0 Å². The van der Waals surface area contributed by atoms with Crippen LogP contribution in [0.15, 0.2) is 18.3 Å². The van der Waals surface area contributed by atoms with Crippen molar-refractivity contribution in [2.75, 3.05) is 33.6 Å². The number of nitrogens with one attached hydrogen (secondary N) is 1. The Morgan fingerprint density at radius 2 is 1.88 bits per heavy atom. The number of thiazole rings is 1. The van der Waals surface area contributed by atoms with Crippen molar-refractivity contribution in [1.82, 2.24) is 10.3 Å². The molecule has 0 saturated carbocycles. The molecule has 0 spiro atoms. The van der Waals surface area contributed by atoms with Crippen LogP contribution < -0.4 is 25.3 Å². The molecule has 0 fully saturated rings. The van der Waals surface area contributed by atoms with E-state index in [0.717, 1.165) is 10.4 Å². The highest BCUT2D eigenvalue weighted by molar-refractivity contribution is 7.15. The summed E-state index contributed by atoms with van der Waals surface area (Å²) in [5.74, 6) is 1.48. The number of hydrogen-bond donors (Lipinski definition) is 2. The van der Waals surface area contributed by atoms with E-state index in [-0.39, 0.29) is 12.3 Å². The van der Waals surface area contributed by atoms with Crippen LogP contribution >= 0.6 is 11.3 Å². The number of rotatable bonds is 8. The lowest BCUT2D eigenvalue weighted by Gasteiger charge is -2.14. The third-order valence-electron chi connectivity index (χ3n) is 3.35. The van der Waals surface area contributed by atoms with Crippen LogP contribution in [-0.4, -0.2) is 38.8 Å². The number of amides is 1. The second-order valence-corrected chi connectivity index (χ2v) is 6.12. The average molecular weight is 351 g/mol. The molecule has 1 aromatic carbocycles. The number of carbonyl (C=O) groups excluding carboxylic acids is 1. The highest BCUT2D eigenvalue weighted by Crippen LogP contribution is 2.38. The first-order chi connectivity index (χ1) is 11.6. The SMILES string of the molecule is COc1cc(CC(=O)NCCc2cnc(N)s2)cc(OC)c1OC. The summed E-state index contributed by atoms with van der Waals surface area (Å²) in [5.41, 5.74) is 6.36. The molecule has 0 aliphatic rings. The maximum Gasteiger partial charge on any atom is 0.224 e. The van der Waals surface area contributed by atoms with Crippen molar-refractivity contribution in [3.63, 3.8) is 0 Å². The summed E-state index contributed by atoms with van der Waals surface area (Å²) in [4.78, 5) is 17.1. The Morgan fingerprint density at radius 3 is 2.38 bits per heavy atom. The molecule has 0 aliphatic heterocycles. The summed E-state index contributed by atoms with van der Waals surface area (Å²) in [6.07, 6.45) is 2.66. The van der Waals surface area contributed by atoms with Gasteiger partial charge in [-0.15, -0.1) is 11.3 Å². The van der Waals surface area contributed by atoms with Gasteiger partial charge in [-0.2, -0.15) is 0 Å². The molecule has 2 aromatic rings. The van der Waals surface area contributed by atoms with E-state index in [1.807, 2.05) is 0 Å². The van der Waals surface area contributed by atoms with Gasteiger partial charge in [-0.3, -0.25) is 4.79 Å². The largest absolute Gasteiger partial charge is 0.493 e. The number of hydrogen-bond acceptors (Lipinski definition) is 7. The van der Waals surface area contributed by atoms with Gasteiger partial charge in [0.05, 0.1) is 27.8 Å². The molecular formula is C16H21N3O4S. The van der Waals surface area contributed by atoms with Crippen LogP contribution in [0.5, 0.6) is 17.2 Å². The first-order valence-corrected chi connectivity index (χ1v) is 8.14. The molecule has 2 rings (SSSR count). The fraction of sp³-hybridized carbons (Fsp3) is 0.375. The van der Waals surface area contributed by atoms with Gasteiger partial charge in [0, 0.05) is 24.0 Å². The third kappa shape index (κ3) is 4.51. The Hall–Kier alpha value is -2.48. The molecule has 0 atom stereocenters. The summed E-state index contributed by atoms with van der Waals surface area (Å²) in [7, 11) is 4.63. The minimum absolute atomic E-state index is 0.0817. The number of carbonyl (C=O) groups is 1. The molecule has 0 saturated heterocycles. The van der Waals surface area contributed by atoms with Crippen LogP contribution in [0.25, 0.3) is 0 Å². The second-order valence-electron chi connectivity index (χ2n) is 4.98. The van der Waals surface area contributed by atoms with E-state index in [9.17, 15) is 4.79 Å². The normalized spacial score (nSPS) is 10.3. The van der Waals surface area contributed by atoms with Crippen LogP contribution in [0.2, 0.25) is 0 Å². The Morgan fingerprint density at radius 1 is 1.21 bits per heavy atom. The topological polar surface area (TPSA) is 95.7 Å². The first-order valence-electron chi connectivity index (χ1n) is 7.33. The van der Waals surface area contributed by atoms with Crippen molar-refractivity contribution < 1.29 is 19.0 Å². The fourth-order valence-corrected chi connectivity index (χ4v) is 2.93. The van der Waals surface area contributed by atoms with Crippen molar-refractivity contribution in [2.24, 2.45) is 0 Å². The highest BCUT2D eigenvalue weighted by atomic mass is 32.1. The molecule has 7 nitrogen and oxygen atoms in total. The Kier molecular flexibility index (Phi) is 6.25. The maximum absolute atomic E-state index is 12.1. The molecule has 130 valence electrons. The van der Waals surface area contributed by atoms with Gasteiger partial charge < -0.3 is 25.3 Å². The number of nitrogens with zero attached hydrogens (tertiary/aromatic N) is 1. The molecule has 1 heterocycles. The smallest absolute Gasteiger partial charge is 0.224 e. The van der Waals surface area contributed by atoms with E-state index in [4.69, 9.17) is 19.9 Å². The number of nitrogens with two attached hydrogens (primary N) is 1. The van der Waals surface area contributed by atoms with E-state index in [0.29, 0.717) is 35.3 Å². The lowest BCUT2D eigenvalue weighted by atomic mass is 10.1. The fourth-order valence-electron chi connectivity index (χ4n) is 2.25. The van der Waals surface area contributed by atoms with Gasteiger partial charge >= 0.3 is 0 Å². The highest BCUT2D eigenvalue weighted by Gasteiger charge is 2.14. The van der Waals surface area contributed by atoms with Crippen LogP contribution in [0.3, 0.4) is 0 Å². The summed E-state index contributed by atoms with van der Waals surface area (Å²) >= 11 is 1.43. The first kappa shape index (κ1) is 17.9. The van der Waals surface area contributed by atoms with E-state index in [2.05, 4.69) is 10.3 Å². The standard InChI is InChI=1S/C16H21N3O4S/c1-21-12-6-10(7-13(22-2)15(12)23-3)8-14(20)18-5-4-11-9-19-16(17)24-11/h6-7,9H,4-5,8H2,1-3H3,(H2,17,19)(H,18,20). The van der Waals surface area contributed by atoms with Gasteiger partial charge in [0.1, 0.15) is 0 Å². The van der Waals surface area contributed by atoms with Crippen molar-refractivity contribution in [3.8, 4) is 17.2 Å². The minimum Gasteiger partial charge on any atom is -0.493 e. The van der Waals surface area contributed by atoms with Gasteiger partial charge in [-0.05, 0) is 17.7 Å².